The van der Waals surface area contributed by atoms with E-state index in [4.69, 9.17) is 4.74 Å². The van der Waals surface area contributed by atoms with E-state index >= 15 is 13.2 Å². The summed E-state index contributed by atoms with van der Waals surface area (Å²) in [4.78, 5) is 21.2. The van der Waals surface area contributed by atoms with Gasteiger partial charge in [-0.25, -0.2) is 13.2 Å². The minimum atomic E-state index is -4.96. The largest absolute Gasteiger partial charge is 0.461 e. The number of piperazine rings is 1. The molecule has 3 saturated heterocycles. The third kappa shape index (κ3) is 4.93. The second kappa shape index (κ2) is 10.7. The van der Waals surface area contributed by atoms with Crippen LogP contribution in [0.25, 0.3) is 22.3 Å². The molecule has 44 heavy (non-hydrogen) atoms. The highest BCUT2D eigenvalue weighted by molar-refractivity contribution is 5.95. The van der Waals surface area contributed by atoms with Gasteiger partial charge in [0.1, 0.15) is 29.9 Å². The molecule has 3 fully saturated rings. The van der Waals surface area contributed by atoms with Crippen molar-refractivity contribution in [1.29, 1.82) is 0 Å². The molecule has 0 bridgehead atoms. The fourth-order valence-corrected chi connectivity index (χ4v) is 7.45. The number of ether oxygens (including phenoxy) is 1. The van der Waals surface area contributed by atoms with E-state index in [-0.39, 0.29) is 59.5 Å². The van der Waals surface area contributed by atoms with Crippen LogP contribution in [0.4, 0.5) is 32.2 Å². The van der Waals surface area contributed by atoms with Crippen LogP contribution < -0.4 is 15.0 Å². The van der Waals surface area contributed by atoms with Crippen LogP contribution in [0.1, 0.15) is 55.7 Å². The van der Waals surface area contributed by atoms with Crippen LogP contribution in [0.2, 0.25) is 0 Å². The van der Waals surface area contributed by atoms with Crippen LogP contribution in [0, 0.1) is 0 Å². The Morgan fingerprint density at radius 3 is 2.73 bits per heavy atom. The lowest BCUT2D eigenvalue weighted by atomic mass is 9.95. The van der Waals surface area contributed by atoms with Gasteiger partial charge in [-0.3, -0.25) is 14.9 Å². The molecular formula is C30H33F6N7O. The van der Waals surface area contributed by atoms with Gasteiger partial charge in [0.15, 0.2) is 0 Å². The number of fused-ring (bicyclic) bond motifs is 3. The predicted octanol–water partition coefficient (Wildman–Crippen LogP) is 5.29. The first-order valence-electron chi connectivity index (χ1n) is 15.1. The Hall–Kier alpha value is -3.26. The minimum Gasteiger partial charge on any atom is -0.461 e. The molecule has 8 nitrogen and oxygen atoms in total. The summed E-state index contributed by atoms with van der Waals surface area (Å²) < 4.78 is 94.8. The van der Waals surface area contributed by atoms with Gasteiger partial charge in [-0.1, -0.05) is 6.92 Å². The van der Waals surface area contributed by atoms with Crippen molar-refractivity contribution in [2.75, 3.05) is 44.2 Å². The number of pyridine rings is 2. The zero-order valence-electron chi connectivity index (χ0n) is 24.2. The molecule has 14 heteroatoms. The lowest BCUT2D eigenvalue weighted by Crippen LogP contribution is -2.50. The van der Waals surface area contributed by atoms with Crippen LogP contribution in [0.3, 0.4) is 0 Å². The van der Waals surface area contributed by atoms with E-state index in [0.29, 0.717) is 32.6 Å². The second-order valence-electron chi connectivity index (χ2n) is 12.3. The van der Waals surface area contributed by atoms with Crippen molar-refractivity contribution in [2.45, 2.75) is 75.3 Å². The van der Waals surface area contributed by atoms with Crippen molar-refractivity contribution in [3.8, 4) is 17.4 Å². The Morgan fingerprint density at radius 2 is 1.93 bits per heavy atom. The zero-order valence-corrected chi connectivity index (χ0v) is 24.2. The summed E-state index contributed by atoms with van der Waals surface area (Å²) >= 11 is 0. The molecule has 6 heterocycles. The number of hydrogen-bond acceptors (Lipinski definition) is 8. The molecule has 7 rings (SSSR count). The maximum atomic E-state index is 15.1. The van der Waals surface area contributed by atoms with E-state index in [1.165, 1.54) is 6.20 Å². The summed E-state index contributed by atoms with van der Waals surface area (Å²) in [6, 6.07) is 0.997. The molecule has 0 spiro atoms. The molecular weight excluding hydrogens is 588 g/mol. The van der Waals surface area contributed by atoms with E-state index < -0.39 is 47.0 Å². The smallest absolute Gasteiger partial charge is 0.420 e. The maximum absolute atomic E-state index is 15.1. The van der Waals surface area contributed by atoms with Crippen molar-refractivity contribution in [3.05, 3.63) is 35.2 Å². The van der Waals surface area contributed by atoms with E-state index in [1.54, 1.807) is 0 Å². The topological polar surface area (TPSA) is 79.3 Å². The zero-order chi connectivity index (χ0) is 30.9. The number of nitrogens with one attached hydrogen (secondary N) is 1. The number of hydrogen-bond donors (Lipinski definition) is 1. The number of alkyl halides is 6. The van der Waals surface area contributed by atoms with Crippen molar-refractivity contribution >= 4 is 16.7 Å². The molecule has 3 aromatic heterocycles. The third-order valence-corrected chi connectivity index (χ3v) is 9.63. The van der Waals surface area contributed by atoms with Gasteiger partial charge in [0.25, 0.3) is 5.92 Å². The maximum Gasteiger partial charge on any atom is 0.420 e. The van der Waals surface area contributed by atoms with Crippen LogP contribution in [-0.2, 0) is 18.5 Å². The highest BCUT2D eigenvalue weighted by atomic mass is 19.4. The molecule has 3 atom stereocenters. The van der Waals surface area contributed by atoms with Gasteiger partial charge >= 0.3 is 12.2 Å². The second-order valence-corrected chi connectivity index (χ2v) is 12.3. The molecule has 2 unspecified atom stereocenters. The van der Waals surface area contributed by atoms with E-state index in [0.717, 1.165) is 31.6 Å². The molecule has 0 saturated carbocycles. The first kappa shape index (κ1) is 29.5. The molecule has 0 aromatic carbocycles. The van der Waals surface area contributed by atoms with Gasteiger partial charge in [0.2, 0.25) is 0 Å². The molecule has 3 aromatic rings. The monoisotopic (exact) mass is 621 g/mol. The van der Waals surface area contributed by atoms with E-state index in [2.05, 4.69) is 25.3 Å². The number of anilines is 1. The summed E-state index contributed by atoms with van der Waals surface area (Å²) in [6.45, 7) is 4.66. The average molecular weight is 622 g/mol. The Morgan fingerprint density at radius 1 is 1.09 bits per heavy atom. The van der Waals surface area contributed by atoms with Crippen LogP contribution in [0.5, 0.6) is 6.01 Å². The van der Waals surface area contributed by atoms with Crippen molar-refractivity contribution in [3.63, 3.8) is 0 Å². The molecule has 0 radical (unpaired) electrons. The molecule has 236 valence electrons. The summed E-state index contributed by atoms with van der Waals surface area (Å²) in [6.07, 6.45) is -1.56. The van der Waals surface area contributed by atoms with Gasteiger partial charge in [-0.15, -0.1) is 0 Å². The molecule has 1 aliphatic carbocycles. The van der Waals surface area contributed by atoms with Crippen molar-refractivity contribution in [2.24, 2.45) is 0 Å². The quantitative estimate of drug-likeness (QED) is 0.373. The highest BCUT2D eigenvalue weighted by Gasteiger charge is 2.50. The minimum absolute atomic E-state index is 0.0413. The third-order valence-electron chi connectivity index (χ3n) is 9.63. The summed E-state index contributed by atoms with van der Waals surface area (Å²) in [5.74, 6) is -2.91. The summed E-state index contributed by atoms with van der Waals surface area (Å²) in [5, 5.41) is 3.47. The van der Waals surface area contributed by atoms with Crippen LogP contribution in [-0.4, -0.2) is 81.9 Å². The van der Waals surface area contributed by atoms with Crippen molar-refractivity contribution < 1.29 is 31.1 Å². The number of nitrogens with zero attached hydrogens (tertiary/aromatic N) is 6. The molecule has 1 N–H and O–H groups in total. The first-order valence-corrected chi connectivity index (χ1v) is 15.1. The Bertz CT molecular complexity index is 1590. The molecule has 4 aliphatic rings. The first-order chi connectivity index (χ1) is 21.0. The Balaban J connectivity index is 1.39. The average Bonchev–Trinajstić information content (AvgIpc) is 3.63. The number of aromatic nitrogens is 4. The standard InChI is InChI=1S/C30H33F6N7O/c1-2-18-15-42(11-9-37-18)26-20-13-39-25(24-19-4-7-29(32,33)21(19)5-8-38-24)22(30(34,35)36)23(20)40-27(41-26)44-16-28-6-3-10-43(28)14-17(31)12-28/h5,8,13,17-18,37H,2-4,6-7,9-12,14-16H2,1H3/t17-,18?,28?/m1/s1. The van der Waals surface area contributed by atoms with Gasteiger partial charge in [0, 0.05) is 63.0 Å². The predicted molar refractivity (Wildman–Crippen MR) is 151 cm³/mol. The van der Waals surface area contributed by atoms with Gasteiger partial charge < -0.3 is 15.0 Å². The number of halogens is 6. The van der Waals surface area contributed by atoms with Crippen molar-refractivity contribution in [1.82, 2.24) is 30.2 Å². The SMILES string of the molecule is CCC1CN(c2nc(OCC34CCCN3C[C@H](F)C4)nc3c(C(F)(F)F)c(-c4nccc5c4CCC5(F)F)ncc23)CCN1. The lowest BCUT2D eigenvalue weighted by Gasteiger charge is -2.35. The van der Waals surface area contributed by atoms with Gasteiger partial charge in [-0.05, 0) is 43.9 Å². The highest BCUT2D eigenvalue weighted by Crippen LogP contribution is 2.48. The number of rotatable bonds is 6. The van der Waals surface area contributed by atoms with Gasteiger partial charge in [0.05, 0.1) is 22.1 Å². The fourth-order valence-electron chi connectivity index (χ4n) is 7.45. The summed E-state index contributed by atoms with van der Waals surface area (Å²) in [7, 11) is 0. The molecule has 3 aliphatic heterocycles. The van der Waals surface area contributed by atoms with Crippen LogP contribution >= 0.6 is 0 Å². The summed E-state index contributed by atoms with van der Waals surface area (Å²) in [5.41, 5.74) is -3.24. The van der Waals surface area contributed by atoms with Gasteiger partial charge in [-0.2, -0.15) is 23.1 Å². The van der Waals surface area contributed by atoms with Crippen LogP contribution in [0.15, 0.2) is 18.5 Å². The fraction of sp³-hybridized carbons (Fsp3) is 0.600. The van der Waals surface area contributed by atoms with E-state index in [1.807, 2.05) is 16.7 Å². The Labute approximate surface area is 250 Å². The van der Waals surface area contributed by atoms with E-state index in [9.17, 15) is 13.2 Å². The lowest BCUT2D eigenvalue weighted by molar-refractivity contribution is -0.136. The normalized spacial score (nSPS) is 26.8. The molecule has 0 amide bonds. The Kier molecular flexibility index (Phi) is 7.15.